The van der Waals surface area contributed by atoms with Gasteiger partial charge < -0.3 is 10.2 Å². The van der Waals surface area contributed by atoms with E-state index in [1.807, 2.05) is 0 Å². The summed E-state index contributed by atoms with van der Waals surface area (Å²) in [5.41, 5.74) is 0. The van der Waals surface area contributed by atoms with Crippen LogP contribution < -0.4 is 0 Å². The molecule has 1 rings (SSSR count). The molecular weight excluding hydrogens is 284 g/mol. The smallest absolute Gasteiger partial charge is 0.264 e. The lowest BCUT2D eigenvalue weighted by Gasteiger charge is -2.40. The van der Waals surface area contributed by atoms with Crippen molar-refractivity contribution in [3.8, 4) is 0 Å². The summed E-state index contributed by atoms with van der Waals surface area (Å²) < 4.78 is 30.2. The van der Waals surface area contributed by atoms with Gasteiger partial charge in [0, 0.05) is 38.8 Å². The predicted octanol–water partition coefficient (Wildman–Crippen LogP) is -0.986. The molecule has 7 nitrogen and oxygen atoms in total. The highest BCUT2D eigenvalue weighted by molar-refractivity contribution is 7.85. The second-order valence-electron chi connectivity index (χ2n) is 5.34. The van der Waals surface area contributed by atoms with Crippen molar-refractivity contribution in [3.05, 3.63) is 0 Å². The number of aliphatic hydroxyl groups excluding tert-OH is 2. The molecule has 0 radical (unpaired) electrons. The van der Waals surface area contributed by atoms with Gasteiger partial charge in [0.05, 0.1) is 18.5 Å². The number of aliphatic hydroxyl groups is 2. The molecule has 1 fully saturated rings. The average Bonchev–Trinajstić information content (AvgIpc) is 2.35. The minimum absolute atomic E-state index is 0.0898. The van der Waals surface area contributed by atoms with Crippen molar-refractivity contribution in [1.29, 1.82) is 0 Å². The van der Waals surface area contributed by atoms with Crippen molar-refractivity contribution in [3.63, 3.8) is 0 Å². The quantitative estimate of drug-likeness (QED) is 0.495. The Morgan fingerprint density at radius 2 is 1.80 bits per heavy atom. The van der Waals surface area contributed by atoms with Gasteiger partial charge >= 0.3 is 0 Å². The van der Waals surface area contributed by atoms with E-state index in [0.29, 0.717) is 19.4 Å². The van der Waals surface area contributed by atoms with Crippen LogP contribution >= 0.6 is 0 Å². The fourth-order valence-corrected chi connectivity index (χ4v) is 3.20. The molecule has 8 heteroatoms. The molecule has 0 aromatic rings. The van der Waals surface area contributed by atoms with E-state index in [1.54, 1.807) is 6.92 Å². The topological polar surface area (TPSA) is 101 Å². The standard InChI is InChI=1S/C12H26N2O5S/c1-11(16)12(3-2-10-20(17,18)19)14-6-4-13(5-7-14)8-9-15/h11-12,15-16H,2-10H2,1H3,(H,17,18,19). The highest BCUT2D eigenvalue weighted by Crippen LogP contribution is 2.15. The molecule has 0 bridgehead atoms. The molecule has 0 aromatic heterocycles. The molecule has 1 heterocycles. The molecule has 120 valence electrons. The Hall–Kier alpha value is -0.250. The van der Waals surface area contributed by atoms with E-state index in [0.717, 1.165) is 26.2 Å². The number of rotatable bonds is 8. The molecule has 0 spiro atoms. The summed E-state index contributed by atoms with van der Waals surface area (Å²) in [5, 5.41) is 18.8. The zero-order chi connectivity index (χ0) is 15.2. The number of β-amino-alcohol motifs (C(OH)–C–C–N with tert-alkyl or cyclic N) is 1. The van der Waals surface area contributed by atoms with E-state index in [1.165, 1.54) is 0 Å². The largest absolute Gasteiger partial charge is 0.395 e. The van der Waals surface area contributed by atoms with E-state index in [2.05, 4.69) is 9.80 Å². The zero-order valence-corrected chi connectivity index (χ0v) is 12.8. The summed E-state index contributed by atoms with van der Waals surface area (Å²) in [5.74, 6) is -0.263. The lowest BCUT2D eigenvalue weighted by Crippen LogP contribution is -2.53. The second-order valence-corrected chi connectivity index (χ2v) is 6.91. The SMILES string of the molecule is CC(O)C(CCCS(=O)(=O)O)N1CCN(CCO)CC1. The first-order chi connectivity index (χ1) is 9.33. The van der Waals surface area contributed by atoms with Gasteiger partial charge in [0.2, 0.25) is 0 Å². The minimum Gasteiger partial charge on any atom is -0.395 e. The van der Waals surface area contributed by atoms with E-state index < -0.39 is 16.2 Å². The van der Waals surface area contributed by atoms with E-state index in [-0.39, 0.29) is 18.4 Å². The van der Waals surface area contributed by atoms with Crippen LogP contribution in [0.2, 0.25) is 0 Å². The summed E-state index contributed by atoms with van der Waals surface area (Å²) in [7, 11) is -3.93. The molecule has 2 atom stereocenters. The van der Waals surface area contributed by atoms with E-state index in [9.17, 15) is 13.5 Å². The summed E-state index contributed by atoms with van der Waals surface area (Å²) in [6, 6.07) is -0.0898. The maximum absolute atomic E-state index is 10.7. The first kappa shape index (κ1) is 17.8. The third-order valence-electron chi connectivity index (χ3n) is 3.75. The monoisotopic (exact) mass is 310 g/mol. The van der Waals surface area contributed by atoms with Gasteiger partial charge in [0.15, 0.2) is 0 Å². The molecule has 20 heavy (non-hydrogen) atoms. The van der Waals surface area contributed by atoms with Crippen LogP contribution in [-0.2, 0) is 10.1 Å². The van der Waals surface area contributed by atoms with Gasteiger partial charge in [-0.3, -0.25) is 14.4 Å². The lowest BCUT2D eigenvalue weighted by atomic mass is 10.0. The van der Waals surface area contributed by atoms with Crippen LogP contribution in [0, 0.1) is 0 Å². The normalized spacial score (nSPS) is 21.8. The van der Waals surface area contributed by atoms with Gasteiger partial charge in [-0.1, -0.05) is 0 Å². The second kappa shape index (κ2) is 8.26. The number of nitrogens with zero attached hydrogens (tertiary/aromatic N) is 2. The third-order valence-corrected chi connectivity index (χ3v) is 4.56. The summed E-state index contributed by atoms with van der Waals surface area (Å²) >= 11 is 0. The van der Waals surface area contributed by atoms with Crippen LogP contribution in [0.4, 0.5) is 0 Å². The van der Waals surface area contributed by atoms with Crippen molar-refractivity contribution < 1.29 is 23.2 Å². The summed E-state index contributed by atoms with van der Waals surface area (Å²) in [6.07, 6.45) is 0.337. The fourth-order valence-electron chi connectivity index (χ4n) is 2.66. The van der Waals surface area contributed by atoms with Crippen molar-refractivity contribution in [2.45, 2.75) is 31.9 Å². The van der Waals surface area contributed by atoms with Crippen LogP contribution in [0.3, 0.4) is 0 Å². The average molecular weight is 310 g/mol. The summed E-state index contributed by atoms with van der Waals surface area (Å²) in [6.45, 7) is 5.77. The molecule has 1 aliphatic heterocycles. The fraction of sp³-hybridized carbons (Fsp3) is 1.00. The zero-order valence-electron chi connectivity index (χ0n) is 12.0. The van der Waals surface area contributed by atoms with Crippen molar-refractivity contribution in [2.24, 2.45) is 0 Å². The van der Waals surface area contributed by atoms with Gasteiger partial charge in [-0.25, -0.2) is 0 Å². The first-order valence-electron chi connectivity index (χ1n) is 7.04. The van der Waals surface area contributed by atoms with Gasteiger partial charge in [0.25, 0.3) is 10.1 Å². The Balaban J connectivity index is 2.43. The molecule has 1 saturated heterocycles. The maximum atomic E-state index is 10.7. The number of hydrogen-bond acceptors (Lipinski definition) is 6. The highest BCUT2D eigenvalue weighted by Gasteiger charge is 2.26. The molecule has 0 aromatic carbocycles. The molecule has 1 aliphatic rings. The maximum Gasteiger partial charge on any atom is 0.264 e. The van der Waals surface area contributed by atoms with E-state index >= 15 is 0 Å². The Morgan fingerprint density at radius 1 is 1.20 bits per heavy atom. The highest BCUT2D eigenvalue weighted by atomic mass is 32.2. The molecule has 3 N–H and O–H groups in total. The van der Waals surface area contributed by atoms with Crippen LogP contribution in [0.1, 0.15) is 19.8 Å². The van der Waals surface area contributed by atoms with Gasteiger partial charge in [-0.15, -0.1) is 0 Å². The number of hydrogen-bond donors (Lipinski definition) is 3. The molecule has 0 saturated carbocycles. The van der Waals surface area contributed by atoms with Crippen molar-refractivity contribution >= 4 is 10.1 Å². The Kier molecular flexibility index (Phi) is 7.35. The molecule has 2 unspecified atom stereocenters. The van der Waals surface area contributed by atoms with Crippen LogP contribution in [0.25, 0.3) is 0 Å². The Bertz CT molecular complexity index is 366. The lowest BCUT2D eigenvalue weighted by molar-refractivity contribution is 0.0196. The predicted molar refractivity (Wildman–Crippen MR) is 76.2 cm³/mol. The Morgan fingerprint density at radius 3 is 2.25 bits per heavy atom. The first-order valence-corrected chi connectivity index (χ1v) is 8.65. The van der Waals surface area contributed by atoms with Crippen LogP contribution in [0.5, 0.6) is 0 Å². The van der Waals surface area contributed by atoms with Crippen LogP contribution in [0.15, 0.2) is 0 Å². The molecule has 0 amide bonds. The summed E-state index contributed by atoms with van der Waals surface area (Å²) in [4.78, 5) is 4.32. The Labute approximate surface area is 120 Å². The molecular formula is C12H26N2O5S. The number of piperazine rings is 1. The van der Waals surface area contributed by atoms with Crippen LogP contribution in [-0.4, -0.2) is 90.2 Å². The third kappa shape index (κ3) is 6.47. The minimum atomic E-state index is -3.93. The van der Waals surface area contributed by atoms with Gasteiger partial charge in [-0.05, 0) is 19.8 Å². The van der Waals surface area contributed by atoms with Crippen molar-refractivity contribution in [1.82, 2.24) is 9.80 Å². The van der Waals surface area contributed by atoms with Gasteiger partial charge in [-0.2, -0.15) is 8.42 Å². The van der Waals surface area contributed by atoms with Gasteiger partial charge in [0.1, 0.15) is 0 Å². The molecule has 0 aliphatic carbocycles. The van der Waals surface area contributed by atoms with Crippen molar-refractivity contribution in [2.75, 3.05) is 45.1 Å². The van der Waals surface area contributed by atoms with E-state index in [4.69, 9.17) is 9.66 Å².